The normalized spacial score (nSPS) is 19.8. The molecule has 1 aliphatic heterocycles. The molecule has 0 bridgehead atoms. The predicted octanol–water partition coefficient (Wildman–Crippen LogP) is 3.38. The van der Waals surface area contributed by atoms with Gasteiger partial charge in [0.15, 0.2) is 0 Å². The fourth-order valence-electron chi connectivity index (χ4n) is 2.66. The number of ether oxygens (including phenoxy) is 1. The molecule has 18 heavy (non-hydrogen) atoms. The number of hydrogen-bond acceptors (Lipinski definition) is 2. The molecule has 2 nitrogen and oxygen atoms in total. The van der Waals surface area contributed by atoms with Gasteiger partial charge in [-0.15, -0.1) is 0 Å². The van der Waals surface area contributed by atoms with Crippen molar-refractivity contribution in [1.82, 2.24) is 5.32 Å². The Morgan fingerprint density at radius 2 is 2.11 bits per heavy atom. The average molecular weight is 247 g/mol. The highest BCUT2D eigenvalue weighted by Crippen LogP contribution is 2.24. The standard InChI is InChI=1S/C16H25NO/c1-12-9-13(2)14(3)16(10-12)18-8-6-15-5-4-7-17-11-15/h9-10,15,17H,4-8,11H2,1-3H3/t15-/m1/s1. The van der Waals surface area contributed by atoms with Crippen LogP contribution in [0.3, 0.4) is 0 Å². The molecule has 0 aliphatic carbocycles. The molecule has 1 aromatic rings. The number of piperidine rings is 1. The van der Waals surface area contributed by atoms with E-state index < -0.39 is 0 Å². The number of nitrogens with one attached hydrogen (secondary N) is 1. The molecule has 0 radical (unpaired) electrons. The molecule has 0 amide bonds. The minimum absolute atomic E-state index is 0.796. The molecule has 1 saturated heterocycles. The molecule has 100 valence electrons. The zero-order chi connectivity index (χ0) is 13.0. The highest BCUT2D eigenvalue weighted by Gasteiger charge is 2.13. The summed E-state index contributed by atoms with van der Waals surface area (Å²) in [7, 11) is 0. The van der Waals surface area contributed by atoms with Crippen molar-refractivity contribution in [1.29, 1.82) is 0 Å². The first-order chi connectivity index (χ1) is 8.66. The predicted molar refractivity (Wildman–Crippen MR) is 76.4 cm³/mol. The maximum Gasteiger partial charge on any atom is 0.122 e. The summed E-state index contributed by atoms with van der Waals surface area (Å²) in [6.45, 7) is 9.62. The molecule has 1 N–H and O–H groups in total. The van der Waals surface area contributed by atoms with Gasteiger partial charge >= 0.3 is 0 Å². The maximum atomic E-state index is 5.97. The molecule has 0 aromatic heterocycles. The van der Waals surface area contributed by atoms with E-state index in [4.69, 9.17) is 4.74 Å². The van der Waals surface area contributed by atoms with Crippen molar-refractivity contribution in [3.05, 3.63) is 28.8 Å². The zero-order valence-corrected chi connectivity index (χ0v) is 11.9. The Morgan fingerprint density at radius 1 is 1.28 bits per heavy atom. The first-order valence-electron chi connectivity index (χ1n) is 7.08. The van der Waals surface area contributed by atoms with Crippen LogP contribution in [0, 0.1) is 26.7 Å². The Balaban J connectivity index is 1.86. The topological polar surface area (TPSA) is 21.3 Å². The van der Waals surface area contributed by atoms with Crippen LogP contribution >= 0.6 is 0 Å². The second kappa shape index (κ2) is 6.24. The van der Waals surface area contributed by atoms with Crippen LogP contribution in [-0.2, 0) is 0 Å². The van der Waals surface area contributed by atoms with Gasteiger partial charge < -0.3 is 10.1 Å². The van der Waals surface area contributed by atoms with Crippen molar-refractivity contribution >= 4 is 0 Å². The fourth-order valence-corrected chi connectivity index (χ4v) is 2.66. The number of aryl methyl sites for hydroxylation is 2. The van der Waals surface area contributed by atoms with Crippen molar-refractivity contribution in [3.63, 3.8) is 0 Å². The Kier molecular flexibility index (Phi) is 4.65. The lowest BCUT2D eigenvalue weighted by Crippen LogP contribution is -2.30. The molecular formula is C16H25NO. The van der Waals surface area contributed by atoms with E-state index in [1.54, 1.807) is 0 Å². The third kappa shape index (κ3) is 3.49. The van der Waals surface area contributed by atoms with Gasteiger partial charge in [0.2, 0.25) is 0 Å². The molecule has 1 heterocycles. The van der Waals surface area contributed by atoms with E-state index in [0.717, 1.165) is 24.8 Å². The number of rotatable bonds is 4. The van der Waals surface area contributed by atoms with Crippen LogP contribution in [-0.4, -0.2) is 19.7 Å². The van der Waals surface area contributed by atoms with E-state index in [1.165, 1.54) is 42.5 Å². The van der Waals surface area contributed by atoms with E-state index in [9.17, 15) is 0 Å². The molecule has 1 fully saturated rings. The highest BCUT2D eigenvalue weighted by atomic mass is 16.5. The molecule has 0 spiro atoms. The van der Waals surface area contributed by atoms with Gasteiger partial charge in [-0.05, 0) is 81.8 Å². The van der Waals surface area contributed by atoms with E-state index in [1.807, 2.05) is 0 Å². The van der Waals surface area contributed by atoms with Crippen LogP contribution in [0.2, 0.25) is 0 Å². The summed E-state index contributed by atoms with van der Waals surface area (Å²) in [4.78, 5) is 0. The van der Waals surface area contributed by atoms with Crippen molar-refractivity contribution in [3.8, 4) is 5.75 Å². The van der Waals surface area contributed by atoms with Gasteiger partial charge in [-0.2, -0.15) is 0 Å². The monoisotopic (exact) mass is 247 g/mol. The Morgan fingerprint density at radius 3 is 2.83 bits per heavy atom. The summed E-state index contributed by atoms with van der Waals surface area (Å²) in [6, 6.07) is 4.37. The van der Waals surface area contributed by atoms with Crippen LogP contribution < -0.4 is 10.1 Å². The summed E-state index contributed by atoms with van der Waals surface area (Å²) >= 11 is 0. The molecular weight excluding hydrogens is 222 g/mol. The minimum atomic E-state index is 0.796. The van der Waals surface area contributed by atoms with Gasteiger partial charge in [0, 0.05) is 0 Å². The number of benzene rings is 1. The van der Waals surface area contributed by atoms with Crippen LogP contribution in [0.1, 0.15) is 36.0 Å². The maximum absolute atomic E-state index is 5.97. The van der Waals surface area contributed by atoms with Gasteiger partial charge in [0.1, 0.15) is 5.75 Å². The lowest BCUT2D eigenvalue weighted by atomic mass is 9.97. The van der Waals surface area contributed by atoms with Crippen LogP contribution in [0.25, 0.3) is 0 Å². The van der Waals surface area contributed by atoms with Crippen molar-refractivity contribution in [2.75, 3.05) is 19.7 Å². The van der Waals surface area contributed by atoms with Gasteiger partial charge in [-0.3, -0.25) is 0 Å². The van der Waals surface area contributed by atoms with Gasteiger partial charge in [-0.1, -0.05) is 6.07 Å². The SMILES string of the molecule is Cc1cc(C)c(C)c(OCC[C@H]2CCCNC2)c1. The molecule has 0 unspecified atom stereocenters. The Bertz CT molecular complexity index is 394. The largest absolute Gasteiger partial charge is 0.493 e. The number of hydrogen-bond donors (Lipinski definition) is 1. The van der Waals surface area contributed by atoms with Crippen molar-refractivity contribution in [2.24, 2.45) is 5.92 Å². The lowest BCUT2D eigenvalue weighted by Gasteiger charge is -2.23. The third-order valence-electron chi connectivity index (χ3n) is 3.95. The summed E-state index contributed by atoms with van der Waals surface area (Å²) in [5.41, 5.74) is 3.89. The second-order valence-corrected chi connectivity index (χ2v) is 5.55. The summed E-state index contributed by atoms with van der Waals surface area (Å²) in [5, 5.41) is 3.46. The molecule has 1 atom stereocenters. The van der Waals surface area contributed by atoms with E-state index in [2.05, 4.69) is 38.2 Å². The average Bonchev–Trinajstić information content (AvgIpc) is 2.36. The quantitative estimate of drug-likeness (QED) is 0.880. The summed E-state index contributed by atoms with van der Waals surface area (Å²) < 4.78 is 5.97. The summed E-state index contributed by atoms with van der Waals surface area (Å²) in [5.74, 6) is 1.86. The van der Waals surface area contributed by atoms with Crippen LogP contribution in [0.4, 0.5) is 0 Å². The highest BCUT2D eigenvalue weighted by molar-refractivity contribution is 5.41. The van der Waals surface area contributed by atoms with Crippen molar-refractivity contribution < 1.29 is 4.74 Å². The Labute approximate surface area is 111 Å². The van der Waals surface area contributed by atoms with Crippen LogP contribution in [0.5, 0.6) is 5.75 Å². The van der Waals surface area contributed by atoms with Gasteiger partial charge in [0.05, 0.1) is 6.61 Å². The van der Waals surface area contributed by atoms with E-state index in [-0.39, 0.29) is 0 Å². The second-order valence-electron chi connectivity index (χ2n) is 5.55. The first-order valence-corrected chi connectivity index (χ1v) is 7.08. The molecule has 1 aliphatic rings. The third-order valence-corrected chi connectivity index (χ3v) is 3.95. The smallest absolute Gasteiger partial charge is 0.122 e. The van der Waals surface area contributed by atoms with Gasteiger partial charge in [-0.25, -0.2) is 0 Å². The zero-order valence-electron chi connectivity index (χ0n) is 11.9. The molecule has 1 aromatic carbocycles. The summed E-state index contributed by atoms with van der Waals surface area (Å²) in [6.07, 6.45) is 3.83. The van der Waals surface area contributed by atoms with Crippen molar-refractivity contribution in [2.45, 2.75) is 40.0 Å². The van der Waals surface area contributed by atoms with E-state index >= 15 is 0 Å². The fraction of sp³-hybridized carbons (Fsp3) is 0.625. The minimum Gasteiger partial charge on any atom is -0.493 e. The Hall–Kier alpha value is -1.02. The molecule has 2 rings (SSSR count). The van der Waals surface area contributed by atoms with Gasteiger partial charge in [0.25, 0.3) is 0 Å². The molecule has 0 saturated carbocycles. The van der Waals surface area contributed by atoms with Crippen LogP contribution in [0.15, 0.2) is 12.1 Å². The lowest BCUT2D eigenvalue weighted by molar-refractivity contribution is 0.253. The molecule has 2 heteroatoms. The van der Waals surface area contributed by atoms with E-state index in [0.29, 0.717) is 0 Å². The first kappa shape index (κ1) is 13.4.